The molecule has 1 amide bonds. The minimum Gasteiger partial charge on any atom is -0.486 e. The summed E-state index contributed by atoms with van der Waals surface area (Å²) in [7, 11) is 0. The molecule has 0 bridgehead atoms. The van der Waals surface area contributed by atoms with Crippen LogP contribution in [-0.4, -0.2) is 27.5 Å². The number of aromatic nitrogens is 1. The van der Waals surface area contributed by atoms with Crippen LogP contribution in [0.25, 0.3) is 0 Å². The summed E-state index contributed by atoms with van der Waals surface area (Å²) in [5.41, 5.74) is -0.318. The first kappa shape index (κ1) is 20.8. The second-order valence-corrected chi connectivity index (χ2v) is 7.95. The van der Waals surface area contributed by atoms with Crippen LogP contribution in [0.5, 0.6) is 5.75 Å². The molecular weight excluding hydrogens is 371 g/mol. The van der Waals surface area contributed by atoms with Gasteiger partial charge in [-0.3, -0.25) is 9.59 Å². The largest absolute Gasteiger partial charge is 0.486 e. The molecule has 6 nitrogen and oxygen atoms in total. The fourth-order valence-electron chi connectivity index (χ4n) is 2.42. The lowest BCUT2D eigenvalue weighted by molar-refractivity contribution is -0.138. The first-order chi connectivity index (χ1) is 12.6. The monoisotopic (exact) mass is 394 g/mol. The maximum Gasteiger partial charge on any atom is 0.305 e. The van der Waals surface area contributed by atoms with Gasteiger partial charge in [0.2, 0.25) is 0 Å². The Labute approximate surface area is 161 Å². The van der Waals surface area contributed by atoms with Gasteiger partial charge in [-0.2, -0.15) is 0 Å². The average Bonchev–Trinajstić information content (AvgIpc) is 2.94. The van der Waals surface area contributed by atoms with E-state index in [0.717, 1.165) is 0 Å². The number of carboxylic acids is 1. The molecule has 1 heterocycles. The second kappa shape index (κ2) is 8.47. The van der Waals surface area contributed by atoms with Crippen molar-refractivity contribution in [2.75, 3.05) is 0 Å². The topological polar surface area (TPSA) is 88.5 Å². The Morgan fingerprint density at radius 2 is 1.96 bits per heavy atom. The number of rotatable bonds is 8. The highest BCUT2D eigenvalue weighted by Gasteiger charge is 2.34. The summed E-state index contributed by atoms with van der Waals surface area (Å²) < 4.78 is 18.5. The van der Waals surface area contributed by atoms with Gasteiger partial charge in [-0.05, 0) is 44.0 Å². The van der Waals surface area contributed by atoms with Crippen molar-refractivity contribution in [3.8, 4) is 5.75 Å². The molecule has 0 aliphatic rings. The maximum atomic E-state index is 12.9. The van der Waals surface area contributed by atoms with Crippen LogP contribution in [0.2, 0.25) is 0 Å². The van der Waals surface area contributed by atoms with Gasteiger partial charge < -0.3 is 15.2 Å². The van der Waals surface area contributed by atoms with Crippen LogP contribution in [0.1, 0.15) is 47.6 Å². The summed E-state index contributed by atoms with van der Waals surface area (Å²) in [5.74, 6) is -1.23. The van der Waals surface area contributed by atoms with E-state index in [9.17, 15) is 14.0 Å². The van der Waals surface area contributed by atoms with E-state index in [2.05, 4.69) is 10.3 Å². The Hall–Kier alpha value is -2.48. The lowest BCUT2D eigenvalue weighted by Crippen LogP contribution is -2.51. The number of carbonyl (C=O) groups excluding carboxylic acids is 1. The van der Waals surface area contributed by atoms with E-state index in [-0.39, 0.29) is 30.7 Å². The zero-order valence-corrected chi connectivity index (χ0v) is 16.5. The highest BCUT2D eigenvalue weighted by Crippen LogP contribution is 2.25. The lowest BCUT2D eigenvalue weighted by Gasteiger charge is -2.33. The molecule has 2 N–H and O–H groups in total. The fourth-order valence-corrected chi connectivity index (χ4v) is 3.30. The molecule has 2 rings (SSSR count). The molecule has 0 fully saturated rings. The molecule has 0 aliphatic heterocycles. The highest BCUT2D eigenvalue weighted by atomic mass is 32.1. The summed E-state index contributed by atoms with van der Waals surface area (Å²) in [6.45, 7) is 7.33. The third-order valence-electron chi connectivity index (χ3n) is 4.41. The van der Waals surface area contributed by atoms with E-state index >= 15 is 0 Å². The van der Waals surface area contributed by atoms with E-state index in [1.807, 2.05) is 13.8 Å². The summed E-state index contributed by atoms with van der Waals surface area (Å²) in [6, 6.07) is 5.64. The number of hydrogen-bond donors (Lipinski definition) is 2. The maximum absolute atomic E-state index is 12.9. The smallest absolute Gasteiger partial charge is 0.305 e. The van der Waals surface area contributed by atoms with Crippen LogP contribution in [0.4, 0.5) is 4.39 Å². The molecule has 2 aromatic rings. The second-order valence-electron chi connectivity index (χ2n) is 6.86. The van der Waals surface area contributed by atoms with Gasteiger partial charge in [0, 0.05) is 0 Å². The summed E-state index contributed by atoms with van der Waals surface area (Å²) >= 11 is 1.19. The van der Waals surface area contributed by atoms with E-state index < -0.39 is 11.5 Å². The Bertz CT molecular complexity index is 820. The summed E-state index contributed by atoms with van der Waals surface area (Å²) in [4.78, 5) is 28.6. The number of aryl methyl sites for hydroxylation is 1. The van der Waals surface area contributed by atoms with Gasteiger partial charge in [-0.25, -0.2) is 9.37 Å². The van der Waals surface area contributed by atoms with Gasteiger partial charge >= 0.3 is 5.97 Å². The predicted molar refractivity (Wildman–Crippen MR) is 101 cm³/mol. The van der Waals surface area contributed by atoms with Gasteiger partial charge in [0.15, 0.2) is 0 Å². The number of carboxylic acid groups (broad SMARTS) is 1. The molecule has 0 spiro atoms. The number of ether oxygens (including phenoxy) is 1. The molecule has 0 saturated carbocycles. The summed E-state index contributed by atoms with van der Waals surface area (Å²) in [5, 5.41) is 12.6. The number of thiazole rings is 1. The molecule has 146 valence electrons. The Kier molecular flexibility index (Phi) is 6.54. The van der Waals surface area contributed by atoms with E-state index in [1.165, 1.54) is 35.6 Å². The van der Waals surface area contributed by atoms with Crippen molar-refractivity contribution in [2.45, 2.75) is 46.3 Å². The first-order valence-electron chi connectivity index (χ1n) is 8.49. The number of nitrogens with one attached hydrogen (secondary N) is 1. The lowest BCUT2D eigenvalue weighted by atomic mass is 9.85. The number of amides is 1. The molecule has 0 radical (unpaired) electrons. The van der Waals surface area contributed by atoms with Gasteiger partial charge in [0.25, 0.3) is 5.91 Å². The minimum absolute atomic E-state index is 0.0629. The van der Waals surface area contributed by atoms with Crippen LogP contribution < -0.4 is 10.1 Å². The van der Waals surface area contributed by atoms with Crippen LogP contribution >= 0.6 is 11.3 Å². The SMILES string of the molecule is Cc1nc(COc2ccc(F)cc2)sc1C(=O)NC(C)(CC(=O)O)C(C)C. The number of nitrogens with zero attached hydrogens (tertiary/aromatic N) is 1. The van der Waals surface area contributed by atoms with Gasteiger partial charge in [-0.15, -0.1) is 11.3 Å². The molecule has 1 atom stereocenters. The Morgan fingerprint density at radius 1 is 1.33 bits per heavy atom. The van der Waals surface area contributed by atoms with E-state index in [0.29, 0.717) is 21.3 Å². The zero-order valence-electron chi connectivity index (χ0n) is 15.7. The molecule has 8 heteroatoms. The Balaban J connectivity index is 2.08. The number of benzene rings is 1. The van der Waals surface area contributed by atoms with Crippen molar-refractivity contribution in [3.63, 3.8) is 0 Å². The number of carbonyl (C=O) groups is 2. The van der Waals surface area contributed by atoms with Crippen molar-refractivity contribution in [3.05, 3.63) is 45.7 Å². The third-order valence-corrected chi connectivity index (χ3v) is 5.54. The van der Waals surface area contributed by atoms with Crippen molar-refractivity contribution in [1.29, 1.82) is 0 Å². The van der Waals surface area contributed by atoms with Crippen molar-refractivity contribution >= 4 is 23.2 Å². The number of hydrogen-bond acceptors (Lipinski definition) is 5. The molecule has 0 saturated heterocycles. The van der Waals surface area contributed by atoms with Crippen LogP contribution in [0.15, 0.2) is 24.3 Å². The van der Waals surface area contributed by atoms with Crippen molar-refractivity contribution in [1.82, 2.24) is 10.3 Å². The quantitative estimate of drug-likeness (QED) is 0.711. The van der Waals surface area contributed by atoms with Gasteiger partial charge in [0.1, 0.15) is 28.1 Å². The molecule has 1 aromatic heterocycles. The normalized spacial score (nSPS) is 13.3. The zero-order chi connectivity index (χ0) is 20.2. The molecule has 1 unspecified atom stereocenters. The number of halogens is 1. The average molecular weight is 394 g/mol. The summed E-state index contributed by atoms with van der Waals surface area (Å²) in [6.07, 6.45) is -0.172. The van der Waals surface area contributed by atoms with Gasteiger partial charge in [0.05, 0.1) is 17.7 Å². The van der Waals surface area contributed by atoms with Crippen molar-refractivity contribution in [2.24, 2.45) is 5.92 Å². The molecule has 27 heavy (non-hydrogen) atoms. The molecular formula is C19H23FN2O4S. The predicted octanol–water partition coefficient (Wildman–Crippen LogP) is 3.79. The minimum atomic E-state index is -0.971. The van der Waals surface area contributed by atoms with Crippen LogP contribution in [0, 0.1) is 18.7 Å². The highest BCUT2D eigenvalue weighted by molar-refractivity contribution is 7.13. The van der Waals surface area contributed by atoms with E-state index in [1.54, 1.807) is 13.8 Å². The van der Waals surface area contributed by atoms with Crippen LogP contribution in [0.3, 0.4) is 0 Å². The molecule has 1 aromatic carbocycles. The first-order valence-corrected chi connectivity index (χ1v) is 9.31. The Morgan fingerprint density at radius 3 is 2.52 bits per heavy atom. The third kappa shape index (κ3) is 5.50. The number of aliphatic carboxylic acids is 1. The van der Waals surface area contributed by atoms with Crippen molar-refractivity contribution < 1.29 is 23.8 Å². The molecule has 0 aliphatic carbocycles. The van der Waals surface area contributed by atoms with Crippen LogP contribution in [-0.2, 0) is 11.4 Å². The fraction of sp³-hybridized carbons (Fsp3) is 0.421. The van der Waals surface area contributed by atoms with Gasteiger partial charge in [-0.1, -0.05) is 13.8 Å². The van der Waals surface area contributed by atoms with E-state index in [4.69, 9.17) is 9.84 Å². The standard InChI is InChI=1S/C19H23FN2O4S/c1-11(2)19(4,9-16(23)24)22-18(25)17-12(3)21-15(27-17)10-26-14-7-5-13(20)6-8-14/h5-8,11H,9-10H2,1-4H3,(H,22,25)(H,23,24).